The predicted molar refractivity (Wildman–Crippen MR) is 72.0 cm³/mol. The molecule has 0 saturated heterocycles. The number of thiophene rings is 1. The number of nitrogens with one attached hydrogen (secondary N) is 1. The average Bonchev–Trinajstić information content (AvgIpc) is 2.64. The van der Waals surface area contributed by atoms with Gasteiger partial charge in [-0.25, -0.2) is 0 Å². The second kappa shape index (κ2) is 6.04. The lowest BCUT2D eigenvalue weighted by Gasteiger charge is -2.11. The van der Waals surface area contributed by atoms with Crippen LogP contribution in [-0.2, 0) is 0 Å². The molecule has 4 N–H and O–H groups in total. The molecule has 1 rings (SSSR count). The van der Waals surface area contributed by atoms with Gasteiger partial charge in [0.15, 0.2) is 0 Å². The van der Waals surface area contributed by atoms with Crippen LogP contribution in [0.4, 0.5) is 0 Å². The average molecular weight is 353 g/mol. The minimum Gasteiger partial charge on any atom is -0.409 e. The highest BCUT2D eigenvalue weighted by molar-refractivity contribution is 14.1. The Hall–Kier alpha value is -0.830. The maximum Gasteiger partial charge on any atom is 0.252 e. The molecule has 0 spiro atoms. The zero-order valence-corrected chi connectivity index (χ0v) is 11.6. The summed E-state index contributed by atoms with van der Waals surface area (Å²) in [7, 11) is 0. The molecule has 0 aliphatic rings. The van der Waals surface area contributed by atoms with Crippen molar-refractivity contribution in [2.75, 3.05) is 0 Å². The van der Waals surface area contributed by atoms with E-state index in [0.29, 0.717) is 12.0 Å². The predicted octanol–water partition coefficient (Wildman–Crippen LogP) is 1.61. The van der Waals surface area contributed by atoms with Crippen molar-refractivity contribution in [3.8, 4) is 0 Å². The highest BCUT2D eigenvalue weighted by atomic mass is 127. The SMILES string of the molecule is CC(CC(N)=NO)NC(=O)c1csc(I)c1. The van der Waals surface area contributed by atoms with Crippen LogP contribution in [0.3, 0.4) is 0 Å². The third-order valence-corrected chi connectivity index (χ3v) is 3.64. The number of carbonyl (C=O) groups excluding carboxylic acids is 1. The van der Waals surface area contributed by atoms with Crippen molar-refractivity contribution in [3.05, 3.63) is 19.9 Å². The highest BCUT2D eigenvalue weighted by Crippen LogP contribution is 2.16. The summed E-state index contributed by atoms with van der Waals surface area (Å²) in [5, 5.41) is 15.8. The van der Waals surface area contributed by atoms with Gasteiger partial charge in [0.05, 0.1) is 8.45 Å². The quantitative estimate of drug-likeness (QED) is 0.253. The Morgan fingerprint density at radius 1 is 1.81 bits per heavy atom. The van der Waals surface area contributed by atoms with Gasteiger partial charge in [-0.3, -0.25) is 4.79 Å². The van der Waals surface area contributed by atoms with E-state index in [-0.39, 0.29) is 17.8 Å². The molecule has 7 heteroatoms. The maximum atomic E-state index is 11.7. The van der Waals surface area contributed by atoms with Crippen LogP contribution >= 0.6 is 33.9 Å². The molecule has 0 aromatic carbocycles. The van der Waals surface area contributed by atoms with Gasteiger partial charge >= 0.3 is 0 Å². The largest absolute Gasteiger partial charge is 0.409 e. The van der Waals surface area contributed by atoms with E-state index in [9.17, 15) is 4.79 Å². The monoisotopic (exact) mass is 353 g/mol. The maximum absolute atomic E-state index is 11.7. The molecule has 1 atom stereocenters. The standard InChI is InChI=1S/C9H12IN3O2S/c1-5(2-8(11)13-15)12-9(14)6-3-7(10)16-4-6/h3-5,15H,2H2,1H3,(H2,11,13)(H,12,14). The van der Waals surface area contributed by atoms with Gasteiger partial charge < -0.3 is 16.3 Å². The zero-order chi connectivity index (χ0) is 12.1. The third-order valence-electron chi connectivity index (χ3n) is 1.85. The molecule has 1 amide bonds. The fourth-order valence-electron chi connectivity index (χ4n) is 1.14. The number of amidine groups is 1. The van der Waals surface area contributed by atoms with E-state index in [1.807, 2.05) is 6.07 Å². The van der Waals surface area contributed by atoms with Gasteiger partial charge in [-0.15, -0.1) is 11.3 Å². The molecule has 1 unspecified atom stereocenters. The van der Waals surface area contributed by atoms with Gasteiger partial charge in [-0.1, -0.05) is 5.16 Å². The molecular weight excluding hydrogens is 341 g/mol. The van der Waals surface area contributed by atoms with Crippen molar-refractivity contribution in [2.45, 2.75) is 19.4 Å². The summed E-state index contributed by atoms with van der Waals surface area (Å²) < 4.78 is 1.06. The van der Waals surface area contributed by atoms with Gasteiger partial charge in [-0.05, 0) is 35.6 Å². The van der Waals surface area contributed by atoms with Crippen LogP contribution in [0.5, 0.6) is 0 Å². The second-order valence-electron chi connectivity index (χ2n) is 3.31. The molecule has 5 nitrogen and oxygen atoms in total. The molecule has 0 saturated carbocycles. The number of hydrogen-bond donors (Lipinski definition) is 3. The third kappa shape index (κ3) is 3.97. The lowest BCUT2D eigenvalue weighted by atomic mass is 10.2. The van der Waals surface area contributed by atoms with Crippen molar-refractivity contribution in [2.24, 2.45) is 10.9 Å². The second-order valence-corrected chi connectivity index (χ2v) is 6.11. The number of amides is 1. The Balaban J connectivity index is 2.52. The van der Waals surface area contributed by atoms with E-state index >= 15 is 0 Å². The summed E-state index contributed by atoms with van der Waals surface area (Å²) in [6.45, 7) is 1.80. The Morgan fingerprint density at radius 2 is 2.50 bits per heavy atom. The Morgan fingerprint density at radius 3 is 3.00 bits per heavy atom. The topological polar surface area (TPSA) is 87.7 Å². The molecular formula is C9H12IN3O2S. The smallest absolute Gasteiger partial charge is 0.252 e. The number of hydrogen-bond acceptors (Lipinski definition) is 4. The van der Waals surface area contributed by atoms with Crippen LogP contribution in [0.15, 0.2) is 16.6 Å². The van der Waals surface area contributed by atoms with Gasteiger partial charge in [0, 0.05) is 17.8 Å². The fraction of sp³-hybridized carbons (Fsp3) is 0.333. The lowest BCUT2D eigenvalue weighted by Crippen LogP contribution is -2.35. The summed E-state index contributed by atoms with van der Waals surface area (Å²) >= 11 is 3.68. The Kier molecular flexibility index (Phi) is 5.00. The lowest BCUT2D eigenvalue weighted by molar-refractivity contribution is 0.0941. The van der Waals surface area contributed by atoms with E-state index in [2.05, 4.69) is 33.1 Å². The first-order valence-electron chi connectivity index (χ1n) is 4.54. The Bertz CT molecular complexity index is 405. The normalized spacial score (nSPS) is 13.5. The number of oxime groups is 1. The van der Waals surface area contributed by atoms with Crippen molar-refractivity contribution in [1.82, 2.24) is 5.32 Å². The van der Waals surface area contributed by atoms with Crippen LogP contribution in [0.25, 0.3) is 0 Å². The van der Waals surface area contributed by atoms with Crippen LogP contribution in [0.1, 0.15) is 23.7 Å². The molecule has 16 heavy (non-hydrogen) atoms. The molecule has 88 valence electrons. The van der Waals surface area contributed by atoms with Gasteiger partial charge in [0.2, 0.25) is 0 Å². The van der Waals surface area contributed by atoms with Crippen LogP contribution in [0.2, 0.25) is 0 Å². The summed E-state index contributed by atoms with van der Waals surface area (Å²) in [5.41, 5.74) is 5.98. The molecule has 0 aliphatic heterocycles. The minimum atomic E-state index is -0.166. The molecule has 1 aromatic rings. The first-order valence-corrected chi connectivity index (χ1v) is 6.50. The molecule has 0 fully saturated rings. The van der Waals surface area contributed by atoms with Crippen LogP contribution < -0.4 is 11.1 Å². The van der Waals surface area contributed by atoms with E-state index in [0.717, 1.165) is 2.88 Å². The van der Waals surface area contributed by atoms with Crippen LogP contribution in [-0.4, -0.2) is 23.0 Å². The first-order chi connectivity index (χ1) is 7.52. The summed E-state index contributed by atoms with van der Waals surface area (Å²) in [6, 6.07) is 1.65. The summed E-state index contributed by atoms with van der Waals surface area (Å²) in [6.07, 6.45) is 0.323. The Labute approximate surface area is 111 Å². The van der Waals surface area contributed by atoms with Crippen molar-refractivity contribution < 1.29 is 10.0 Å². The number of rotatable bonds is 4. The first kappa shape index (κ1) is 13.2. The van der Waals surface area contributed by atoms with E-state index < -0.39 is 0 Å². The fourth-order valence-corrected chi connectivity index (χ4v) is 2.47. The van der Waals surface area contributed by atoms with Gasteiger partial charge in [0.25, 0.3) is 5.91 Å². The molecule has 0 radical (unpaired) electrons. The number of carbonyl (C=O) groups is 1. The number of halogens is 1. The number of nitrogens with zero attached hydrogens (tertiary/aromatic N) is 1. The van der Waals surface area contributed by atoms with Crippen molar-refractivity contribution in [3.63, 3.8) is 0 Å². The summed E-state index contributed by atoms with van der Waals surface area (Å²) in [5.74, 6) is -0.0369. The van der Waals surface area contributed by atoms with E-state index in [1.54, 1.807) is 12.3 Å². The van der Waals surface area contributed by atoms with Crippen molar-refractivity contribution >= 4 is 45.7 Å². The molecule has 0 aliphatic carbocycles. The zero-order valence-electron chi connectivity index (χ0n) is 8.61. The summed E-state index contributed by atoms with van der Waals surface area (Å²) in [4.78, 5) is 11.7. The number of nitrogens with two attached hydrogens (primary N) is 1. The van der Waals surface area contributed by atoms with Gasteiger partial charge in [0.1, 0.15) is 5.84 Å². The van der Waals surface area contributed by atoms with Crippen molar-refractivity contribution in [1.29, 1.82) is 0 Å². The van der Waals surface area contributed by atoms with Gasteiger partial charge in [-0.2, -0.15) is 0 Å². The molecule has 1 aromatic heterocycles. The minimum absolute atomic E-state index is 0.104. The molecule has 1 heterocycles. The molecule has 0 bridgehead atoms. The van der Waals surface area contributed by atoms with E-state index in [4.69, 9.17) is 10.9 Å². The van der Waals surface area contributed by atoms with Crippen LogP contribution in [0, 0.1) is 2.88 Å². The van der Waals surface area contributed by atoms with E-state index in [1.165, 1.54) is 11.3 Å². The highest BCUT2D eigenvalue weighted by Gasteiger charge is 2.12.